The van der Waals surface area contributed by atoms with Crippen LogP contribution >= 0.6 is 0 Å². The van der Waals surface area contributed by atoms with Gasteiger partial charge in [-0.05, 0) is 43.7 Å². The molecule has 236 valence electrons. The van der Waals surface area contributed by atoms with E-state index in [0.29, 0.717) is 45.4 Å². The summed E-state index contributed by atoms with van der Waals surface area (Å²) in [6.07, 6.45) is 12.3. The van der Waals surface area contributed by atoms with Crippen LogP contribution in [0.4, 0.5) is 5.82 Å². The van der Waals surface area contributed by atoms with Crippen LogP contribution in [0.15, 0.2) is 24.8 Å². The van der Waals surface area contributed by atoms with Gasteiger partial charge in [0.15, 0.2) is 5.82 Å². The summed E-state index contributed by atoms with van der Waals surface area (Å²) in [5, 5.41) is 19.4. The van der Waals surface area contributed by atoms with Crippen molar-refractivity contribution in [1.82, 2.24) is 29.2 Å². The van der Waals surface area contributed by atoms with Gasteiger partial charge < -0.3 is 24.3 Å². The Morgan fingerprint density at radius 3 is 2.70 bits per heavy atom. The predicted octanol–water partition coefficient (Wildman–Crippen LogP) is 5.30. The van der Waals surface area contributed by atoms with Crippen molar-refractivity contribution in [2.75, 3.05) is 38.2 Å². The molecule has 1 amide bonds. The minimum atomic E-state index is -1.17. The molecule has 4 heterocycles. The Hall–Kier alpha value is -3.27. The summed E-state index contributed by atoms with van der Waals surface area (Å²) in [4.78, 5) is 24.4. The number of carbonyl (C=O) groups excluding carboxylic acids is 1. The molecule has 3 fully saturated rings. The van der Waals surface area contributed by atoms with E-state index in [4.69, 9.17) is 19.6 Å². The van der Waals surface area contributed by atoms with Crippen LogP contribution < -0.4 is 5.32 Å². The molecule has 3 aromatic heterocycles. The lowest BCUT2D eigenvalue weighted by Gasteiger charge is -2.39. The molecule has 44 heavy (non-hydrogen) atoms. The number of ether oxygens (including phenoxy) is 2. The van der Waals surface area contributed by atoms with Gasteiger partial charge in [-0.15, -0.1) is 0 Å². The van der Waals surface area contributed by atoms with Crippen molar-refractivity contribution in [2.24, 2.45) is 11.8 Å². The fourth-order valence-electron chi connectivity index (χ4n) is 6.79. The fraction of sp³-hybridized carbons (Fsp3) is 0.656. The maximum Gasteiger partial charge on any atom is 0.225 e. The van der Waals surface area contributed by atoms with E-state index in [1.54, 1.807) is 6.33 Å². The molecule has 11 nitrogen and oxygen atoms in total. The third-order valence-corrected chi connectivity index (χ3v) is 11.2. The summed E-state index contributed by atoms with van der Waals surface area (Å²) < 4.78 is 15.5. The van der Waals surface area contributed by atoms with Gasteiger partial charge in [0.1, 0.15) is 18.7 Å². The molecule has 3 aliphatic rings. The van der Waals surface area contributed by atoms with Crippen LogP contribution in [0, 0.1) is 23.2 Å². The van der Waals surface area contributed by atoms with Crippen molar-refractivity contribution in [1.29, 1.82) is 5.26 Å². The average Bonchev–Trinajstić information content (AvgIpc) is 3.76. The minimum absolute atomic E-state index is 0.0236. The van der Waals surface area contributed by atoms with E-state index < -0.39 is 8.07 Å². The van der Waals surface area contributed by atoms with Crippen molar-refractivity contribution >= 4 is 30.8 Å². The highest BCUT2D eigenvalue weighted by Gasteiger charge is 2.38. The van der Waals surface area contributed by atoms with Crippen molar-refractivity contribution < 1.29 is 14.3 Å². The molecular weight excluding hydrogens is 572 g/mol. The molecule has 1 N–H and O–H groups in total. The third kappa shape index (κ3) is 6.85. The van der Waals surface area contributed by atoms with E-state index in [2.05, 4.69) is 48.3 Å². The van der Waals surface area contributed by atoms with E-state index in [-0.39, 0.29) is 23.9 Å². The molecule has 0 spiro atoms. The number of amides is 1. The third-order valence-electron chi connectivity index (χ3n) is 9.51. The maximum atomic E-state index is 13.0. The van der Waals surface area contributed by atoms with Crippen molar-refractivity contribution in [2.45, 2.75) is 89.4 Å². The molecule has 1 atom stereocenters. The average molecular weight is 619 g/mol. The number of hydrogen-bond acceptors (Lipinski definition) is 8. The van der Waals surface area contributed by atoms with Crippen molar-refractivity contribution in [3.05, 3.63) is 24.8 Å². The first-order valence-corrected chi connectivity index (χ1v) is 20.0. The number of nitriles is 1. The number of nitrogens with one attached hydrogen (secondary N) is 1. The van der Waals surface area contributed by atoms with E-state index in [1.807, 2.05) is 20.3 Å². The fourth-order valence-corrected chi connectivity index (χ4v) is 7.55. The molecule has 0 bridgehead atoms. The van der Waals surface area contributed by atoms with Gasteiger partial charge in [0, 0.05) is 57.5 Å². The second kappa shape index (κ2) is 13.4. The Labute approximate surface area is 260 Å². The lowest BCUT2D eigenvalue weighted by molar-refractivity contribution is -0.142. The van der Waals surface area contributed by atoms with Gasteiger partial charge in [0.05, 0.1) is 43.0 Å². The van der Waals surface area contributed by atoms with Crippen LogP contribution in [0.3, 0.4) is 0 Å². The van der Waals surface area contributed by atoms with Crippen LogP contribution in [-0.2, 0) is 21.0 Å². The molecule has 0 radical (unpaired) electrons. The van der Waals surface area contributed by atoms with Gasteiger partial charge in [0.25, 0.3) is 0 Å². The number of rotatable bonds is 12. The SMILES string of the molecule is C[Si](C)(C)CCOCn1ccc2c(-c3cn(C(CC#N)C4CCCC4)nc3NC3CC(C(=O)N4CCOCC4)C3)ncnc21. The van der Waals surface area contributed by atoms with Gasteiger partial charge >= 0.3 is 0 Å². The Bertz CT molecular complexity index is 1470. The van der Waals surface area contributed by atoms with Gasteiger partial charge in [-0.25, -0.2) is 9.97 Å². The molecule has 1 saturated heterocycles. The first-order chi connectivity index (χ1) is 21.3. The molecular formula is C32H46N8O3Si. The first-order valence-electron chi connectivity index (χ1n) is 16.3. The van der Waals surface area contributed by atoms with Crippen LogP contribution in [0.25, 0.3) is 22.3 Å². The number of nitrogens with zero attached hydrogens (tertiary/aromatic N) is 7. The topological polar surface area (TPSA) is 123 Å². The molecule has 0 aromatic carbocycles. The standard InChI is InChI=1S/C32H46N8O3Si/c1-44(2,3)17-16-43-22-39-11-9-26-29(34-21-35-31(26)39)27-20-40(28(8-10-33)23-6-4-5-7-23)37-30(27)36-25-18-24(19-25)32(41)38-12-14-42-15-13-38/h9,11,20-21,23-25,28H,4-8,12-19,22H2,1-3H3,(H,36,37). The number of morpholine rings is 1. The van der Waals surface area contributed by atoms with Crippen LogP contribution in [0.2, 0.25) is 25.7 Å². The molecule has 3 aromatic rings. The number of aromatic nitrogens is 5. The summed E-state index contributed by atoms with van der Waals surface area (Å²) in [6.45, 7) is 10.8. The van der Waals surface area contributed by atoms with E-state index in [1.165, 1.54) is 12.8 Å². The second-order valence-corrected chi connectivity index (χ2v) is 19.5. The van der Waals surface area contributed by atoms with Crippen molar-refractivity contribution in [3.8, 4) is 17.3 Å². The zero-order valence-electron chi connectivity index (χ0n) is 26.4. The first kappa shape index (κ1) is 30.7. The van der Waals surface area contributed by atoms with Crippen molar-refractivity contribution in [3.63, 3.8) is 0 Å². The predicted molar refractivity (Wildman–Crippen MR) is 172 cm³/mol. The highest BCUT2D eigenvalue weighted by Crippen LogP contribution is 2.40. The summed E-state index contributed by atoms with van der Waals surface area (Å²) >= 11 is 0. The quantitative estimate of drug-likeness (QED) is 0.214. The smallest absolute Gasteiger partial charge is 0.225 e. The highest BCUT2D eigenvalue weighted by molar-refractivity contribution is 6.76. The summed E-state index contributed by atoms with van der Waals surface area (Å²) in [6, 6.07) is 5.76. The Balaban J connectivity index is 1.25. The van der Waals surface area contributed by atoms with E-state index >= 15 is 0 Å². The normalized spacial score (nSPS) is 21.7. The zero-order chi connectivity index (χ0) is 30.7. The van der Waals surface area contributed by atoms with Crippen LogP contribution in [-0.4, -0.2) is 82.1 Å². The zero-order valence-corrected chi connectivity index (χ0v) is 27.4. The lowest BCUT2D eigenvalue weighted by Crippen LogP contribution is -2.49. The minimum Gasteiger partial charge on any atom is -0.378 e. The van der Waals surface area contributed by atoms with Gasteiger partial charge in [0.2, 0.25) is 5.91 Å². The number of fused-ring (bicyclic) bond motifs is 1. The largest absolute Gasteiger partial charge is 0.378 e. The van der Waals surface area contributed by atoms with E-state index in [9.17, 15) is 10.1 Å². The number of anilines is 1. The number of carbonyl (C=O) groups is 1. The molecule has 1 aliphatic heterocycles. The molecule has 2 saturated carbocycles. The molecule has 12 heteroatoms. The van der Waals surface area contributed by atoms with Crippen LogP contribution in [0.1, 0.15) is 51.0 Å². The second-order valence-electron chi connectivity index (χ2n) is 13.9. The molecule has 6 rings (SSSR count). The summed E-state index contributed by atoms with van der Waals surface area (Å²) in [5.41, 5.74) is 2.54. The Morgan fingerprint density at radius 1 is 1.20 bits per heavy atom. The van der Waals surface area contributed by atoms with E-state index in [0.717, 1.165) is 66.4 Å². The molecule has 1 unspecified atom stereocenters. The van der Waals surface area contributed by atoms with Crippen LogP contribution in [0.5, 0.6) is 0 Å². The highest BCUT2D eigenvalue weighted by atomic mass is 28.3. The number of hydrogen-bond donors (Lipinski definition) is 1. The van der Waals surface area contributed by atoms with Gasteiger partial charge in [-0.1, -0.05) is 32.5 Å². The monoisotopic (exact) mass is 618 g/mol. The summed E-state index contributed by atoms with van der Waals surface area (Å²) in [5.74, 6) is 1.46. The Kier molecular flexibility index (Phi) is 9.35. The maximum absolute atomic E-state index is 13.0. The van der Waals surface area contributed by atoms with Gasteiger partial charge in [-0.3, -0.25) is 9.48 Å². The summed E-state index contributed by atoms with van der Waals surface area (Å²) in [7, 11) is -1.17. The molecule has 2 aliphatic carbocycles. The van der Waals surface area contributed by atoms with Gasteiger partial charge in [-0.2, -0.15) is 10.4 Å². The lowest BCUT2D eigenvalue weighted by atomic mass is 9.79. The Morgan fingerprint density at radius 2 is 1.98 bits per heavy atom.